The minimum atomic E-state index is -0.495. The fraction of sp³-hybridized carbons (Fsp3) is 0.286. The Morgan fingerprint density at radius 2 is 1.71 bits per heavy atom. The number of amides is 2. The molecule has 0 aliphatic carbocycles. The van der Waals surface area contributed by atoms with Crippen LogP contribution in [-0.4, -0.2) is 42.9 Å². The van der Waals surface area contributed by atoms with Gasteiger partial charge in [0, 0.05) is 12.7 Å². The van der Waals surface area contributed by atoms with Crippen LogP contribution in [0, 0.1) is 5.82 Å². The molecule has 0 radical (unpaired) electrons. The topological polar surface area (TPSA) is 75.7 Å². The maximum absolute atomic E-state index is 12.9. The molecular formula is C21H23FN2O4. The van der Waals surface area contributed by atoms with Gasteiger partial charge < -0.3 is 15.0 Å². The van der Waals surface area contributed by atoms with Crippen molar-refractivity contribution in [2.45, 2.75) is 19.3 Å². The molecule has 0 aliphatic rings. The lowest BCUT2D eigenvalue weighted by molar-refractivity contribution is -0.153. The Balaban J connectivity index is 1.82. The molecule has 0 saturated carbocycles. The van der Waals surface area contributed by atoms with Gasteiger partial charge in [0.1, 0.15) is 5.82 Å². The van der Waals surface area contributed by atoms with E-state index in [-0.39, 0.29) is 6.54 Å². The normalized spacial score (nSPS) is 11.4. The predicted molar refractivity (Wildman–Crippen MR) is 103 cm³/mol. The van der Waals surface area contributed by atoms with E-state index in [4.69, 9.17) is 4.74 Å². The third kappa shape index (κ3) is 6.19. The van der Waals surface area contributed by atoms with Crippen LogP contribution in [0.5, 0.6) is 0 Å². The second kappa shape index (κ2) is 10.2. The first-order valence-corrected chi connectivity index (χ1v) is 8.91. The van der Waals surface area contributed by atoms with Gasteiger partial charge >= 0.3 is 5.97 Å². The van der Waals surface area contributed by atoms with Gasteiger partial charge in [-0.3, -0.25) is 14.4 Å². The molecule has 1 atom stereocenters. The zero-order valence-corrected chi connectivity index (χ0v) is 15.9. The van der Waals surface area contributed by atoms with Crippen molar-refractivity contribution in [2.24, 2.45) is 0 Å². The van der Waals surface area contributed by atoms with Crippen LogP contribution in [0.4, 0.5) is 10.1 Å². The summed E-state index contributed by atoms with van der Waals surface area (Å²) in [4.78, 5) is 37.6. The highest BCUT2D eigenvalue weighted by molar-refractivity contribution is 5.94. The second-order valence-electron chi connectivity index (χ2n) is 6.28. The maximum atomic E-state index is 12.9. The molecule has 6 nitrogen and oxygen atoms in total. The van der Waals surface area contributed by atoms with E-state index < -0.39 is 36.1 Å². The van der Waals surface area contributed by atoms with E-state index in [1.54, 1.807) is 0 Å². The molecule has 7 heteroatoms. The van der Waals surface area contributed by atoms with Crippen LogP contribution < -0.4 is 5.32 Å². The van der Waals surface area contributed by atoms with E-state index in [0.717, 1.165) is 10.5 Å². The van der Waals surface area contributed by atoms with E-state index in [2.05, 4.69) is 5.32 Å². The monoisotopic (exact) mass is 386 g/mol. The van der Waals surface area contributed by atoms with Crippen molar-refractivity contribution in [3.63, 3.8) is 0 Å². The molecule has 2 amide bonds. The molecule has 0 fully saturated rings. The average Bonchev–Trinajstić information content (AvgIpc) is 2.69. The molecule has 0 aromatic heterocycles. The van der Waals surface area contributed by atoms with E-state index in [1.807, 2.05) is 37.3 Å². The van der Waals surface area contributed by atoms with E-state index in [1.165, 1.54) is 31.3 Å². The summed E-state index contributed by atoms with van der Waals surface area (Å²) in [6.07, 6.45) is 0.549. The van der Waals surface area contributed by atoms with Gasteiger partial charge in [0.15, 0.2) is 6.61 Å². The standard InChI is InChI=1S/C21H23FN2O4/c1-3-18(15-7-5-4-6-8-15)21(27)28-14-20(26)24(2)13-19(25)23-17-11-9-16(22)10-12-17/h4-12,18H,3,13-14H2,1-2H3,(H,23,25)/t18-/m1/s1. The second-order valence-corrected chi connectivity index (χ2v) is 6.28. The summed E-state index contributed by atoms with van der Waals surface area (Å²) in [7, 11) is 1.44. The summed E-state index contributed by atoms with van der Waals surface area (Å²) in [5, 5.41) is 2.56. The molecule has 0 heterocycles. The molecule has 1 N–H and O–H groups in total. The summed E-state index contributed by atoms with van der Waals surface area (Å²) in [5.74, 6) is -2.27. The molecular weight excluding hydrogens is 363 g/mol. The lowest BCUT2D eigenvalue weighted by Crippen LogP contribution is -2.37. The molecule has 28 heavy (non-hydrogen) atoms. The van der Waals surface area contributed by atoms with Crippen LogP contribution >= 0.6 is 0 Å². The summed E-state index contributed by atoms with van der Waals surface area (Å²) in [5.41, 5.74) is 1.25. The molecule has 0 bridgehead atoms. The summed E-state index contributed by atoms with van der Waals surface area (Å²) < 4.78 is 18.0. The van der Waals surface area contributed by atoms with Gasteiger partial charge in [-0.05, 0) is 36.2 Å². The first kappa shape index (κ1) is 21.1. The molecule has 0 unspecified atom stereocenters. The molecule has 148 valence electrons. The fourth-order valence-electron chi connectivity index (χ4n) is 2.60. The number of nitrogens with zero attached hydrogens (tertiary/aromatic N) is 1. The maximum Gasteiger partial charge on any atom is 0.313 e. The molecule has 2 aromatic rings. The van der Waals surface area contributed by atoms with Crippen molar-refractivity contribution < 1.29 is 23.5 Å². The number of esters is 1. The van der Waals surface area contributed by atoms with Gasteiger partial charge in [-0.1, -0.05) is 37.3 Å². The van der Waals surface area contributed by atoms with Crippen LogP contribution in [0.25, 0.3) is 0 Å². The van der Waals surface area contributed by atoms with E-state index >= 15 is 0 Å². The Morgan fingerprint density at radius 3 is 2.32 bits per heavy atom. The number of rotatable bonds is 8. The minimum absolute atomic E-state index is 0.219. The number of carbonyl (C=O) groups excluding carboxylic acids is 3. The van der Waals surface area contributed by atoms with Gasteiger partial charge in [0.2, 0.25) is 5.91 Å². The van der Waals surface area contributed by atoms with Crippen molar-refractivity contribution in [2.75, 3.05) is 25.5 Å². The Kier molecular flexibility index (Phi) is 7.68. The van der Waals surface area contributed by atoms with Crippen LogP contribution in [0.2, 0.25) is 0 Å². The van der Waals surface area contributed by atoms with Gasteiger partial charge in [-0.25, -0.2) is 4.39 Å². The minimum Gasteiger partial charge on any atom is -0.455 e. The lowest BCUT2D eigenvalue weighted by atomic mass is 9.97. The Morgan fingerprint density at radius 1 is 1.07 bits per heavy atom. The third-order valence-electron chi connectivity index (χ3n) is 4.17. The highest BCUT2D eigenvalue weighted by Gasteiger charge is 2.22. The molecule has 2 aromatic carbocycles. The number of nitrogens with one attached hydrogen (secondary N) is 1. The summed E-state index contributed by atoms with van der Waals surface area (Å²) in [6, 6.07) is 14.5. The highest BCUT2D eigenvalue weighted by atomic mass is 19.1. The zero-order chi connectivity index (χ0) is 20.5. The number of ether oxygens (including phenoxy) is 1. The van der Waals surface area contributed by atoms with Crippen molar-refractivity contribution >= 4 is 23.5 Å². The third-order valence-corrected chi connectivity index (χ3v) is 4.17. The van der Waals surface area contributed by atoms with Gasteiger partial charge in [0.05, 0.1) is 12.5 Å². The number of hydrogen-bond acceptors (Lipinski definition) is 4. The number of likely N-dealkylation sites (N-methyl/N-ethyl adjacent to an activating group) is 1. The zero-order valence-electron chi connectivity index (χ0n) is 15.9. The van der Waals surface area contributed by atoms with Gasteiger partial charge in [-0.2, -0.15) is 0 Å². The number of halogens is 1. The number of hydrogen-bond donors (Lipinski definition) is 1. The van der Waals surface area contributed by atoms with E-state index in [9.17, 15) is 18.8 Å². The van der Waals surface area contributed by atoms with Crippen LogP contribution in [0.1, 0.15) is 24.8 Å². The SMILES string of the molecule is CC[C@@H](C(=O)OCC(=O)N(C)CC(=O)Nc1ccc(F)cc1)c1ccccc1. The fourth-order valence-corrected chi connectivity index (χ4v) is 2.60. The smallest absolute Gasteiger partial charge is 0.313 e. The molecule has 0 saturated heterocycles. The largest absolute Gasteiger partial charge is 0.455 e. The molecule has 2 rings (SSSR count). The first-order valence-electron chi connectivity index (χ1n) is 8.91. The van der Waals surface area contributed by atoms with Crippen LogP contribution in [-0.2, 0) is 19.1 Å². The number of carbonyl (C=O) groups is 3. The van der Waals surface area contributed by atoms with E-state index in [0.29, 0.717) is 12.1 Å². The molecule has 0 spiro atoms. The Bertz CT molecular complexity index is 809. The number of anilines is 1. The van der Waals surface area contributed by atoms with Crippen LogP contribution in [0.3, 0.4) is 0 Å². The first-order chi connectivity index (χ1) is 13.4. The highest BCUT2D eigenvalue weighted by Crippen LogP contribution is 2.20. The van der Waals surface area contributed by atoms with Gasteiger partial charge in [0.25, 0.3) is 5.91 Å². The van der Waals surface area contributed by atoms with Crippen molar-refractivity contribution in [1.29, 1.82) is 0 Å². The summed E-state index contributed by atoms with van der Waals surface area (Å²) >= 11 is 0. The van der Waals surface area contributed by atoms with Crippen LogP contribution in [0.15, 0.2) is 54.6 Å². The van der Waals surface area contributed by atoms with Crippen molar-refractivity contribution in [3.05, 3.63) is 66.0 Å². The van der Waals surface area contributed by atoms with Gasteiger partial charge in [-0.15, -0.1) is 0 Å². The van der Waals surface area contributed by atoms with Crippen molar-refractivity contribution in [3.8, 4) is 0 Å². The quantitative estimate of drug-likeness (QED) is 0.708. The van der Waals surface area contributed by atoms with Crippen molar-refractivity contribution in [1.82, 2.24) is 4.90 Å². The Hall–Kier alpha value is -3.22. The Labute approximate surface area is 163 Å². The number of benzene rings is 2. The average molecular weight is 386 g/mol. The molecule has 0 aliphatic heterocycles. The predicted octanol–water partition coefficient (Wildman–Crippen LogP) is 2.96. The summed E-state index contributed by atoms with van der Waals surface area (Å²) in [6.45, 7) is 1.21. The lowest BCUT2D eigenvalue weighted by Gasteiger charge is -2.18.